The van der Waals surface area contributed by atoms with Gasteiger partial charge in [-0.3, -0.25) is 24.0 Å². The van der Waals surface area contributed by atoms with E-state index < -0.39 is 36.9 Å². The molecule has 2 heterocycles. The van der Waals surface area contributed by atoms with Crippen LogP contribution in [-0.2, 0) is 41.3 Å². The van der Waals surface area contributed by atoms with Crippen LogP contribution < -0.4 is 11.1 Å². The molecule has 5 aliphatic rings. The molecule has 11 nitrogen and oxygen atoms in total. The highest BCUT2D eigenvalue weighted by Gasteiger charge is 2.68. The molecule has 4 bridgehead atoms. The molecular formula is C57H78BN3O8. The minimum atomic E-state index is -1.09. The summed E-state index contributed by atoms with van der Waals surface area (Å²) < 4.78 is 13.2. The Morgan fingerprint density at radius 2 is 1.64 bits per heavy atom. The zero-order valence-corrected chi connectivity index (χ0v) is 42.4. The summed E-state index contributed by atoms with van der Waals surface area (Å²) in [6, 6.07) is 19.2. The molecule has 3 saturated carbocycles. The largest absolute Gasteiger partial charge is 0.508 e. The minimum Gasteiger partial charge on any atom is -0.508 e. The Labute approximate surface area is 411 Å². The van der Waals surface area contributed by atoms with Crippen molar-refractivity contribution < 1.29 is 38.4 Å². The lowest BCUT2D eigenvalue weighted by Crippen LogP contribution is -2.65. The molecular weight excluding hydrogens is 865 g/mol. The fourth-order valence-corrected chi connectivity index (χ4v) is 12.0. The number of nitrogens with two attached hydrogens (primary N) is 1. The van der Waals surface area contributed by atoms with Gasteiger partial charge in [0.25, 0.3) is 0 Å². The number of amides is 2. The zero-order chi connectivity index (χ0) is 49.6. The maximum atomic E-state index is 14.8. The lowest BCUT2D eigenvalue weighted by atomic mass is 9.43. The van der Waals surface area contributed by atoms with E-state index in [-0.39, 0.29) is 71.2 Å². The summed E-state index contributed by atoms with van der Waals surface area (Å²) in [7, 11) is 1.08. The first-order valence-electron chi connectivity index (χ1n) is 26.1. The maximum Gasteiger partial charge on any atom is 0.461 e. The summed E-state index contributed by atoms with van der Waals surface area (Å²) in [4.78, 5) is 73.0. The predicted octanol–water partition coefficient (Wildman–Crippen LogP) is 10.2. The molecule has 1 saturated heterocycles. The van der Waals surface area contributed by atoms with E-state index in [1.807, 2.05) is 31.2 Å². The number of phenols is 1. The fourth-order valence-electron chi connectivity index (χ4n) is 12.0. The van der Waals surface area contributed by atoms with Gasteiger partial charge in [-0.15, -0.1) is 0 Å². The van der Waals surface area contributed by atoms with E-state index >= 15 is 0 Å². The lowest BCUT2D eigenvalue weighted by Gasteiger charge is -2.64. The third kappa shape index (κ3) is 11.8. The molecule has 8 rings (SSSR count). The van der Waals surface area contributed by atoms with Gasteiger partial charge in [0.1, 0.15) is 11.8 Å². The average Bonchev–Trinajstić information content (AvgIpc) is 3.70. The Balaban J connectivity index is 1.05. The van der Waals surface area contributed by atoms with E-state index in [0.29, 0.717) is 80.0 Å². The van der Waals surface area contributed by atoms with E-state index in [0.717, 1.165) is 49.7 Å². The van der Waals surface area contributed by atoms with E-state index in [1.165, 1.54) is 10.5 Å². The number of aromatic hydroxyl groups is 1. The molecule has 0 unspecified atom stereocenters. The topological polar surface area (TPSA) is 165 Å². The summed E-state index contributed by atoms with van der Waals surface area (Å²) in [6.45, 7) is 13.1. The Morgan fingerprint density at radius 1 is 0.928 bits per heavy atom. The third-order valence-electron chi connectivity index (χ3n) is 16.6. The van der Waals surface area contributed by atoms with Crippen molar-refractivity contribution in [2.45, 2.75) is 174 Å². The van der Waals surface area contributed by atoms with Crippen LogP contribution in [0, 0.1) is 29.1 Å². The summed E-state index contributed by atoms with van der Waals surface area (Å²) >= 11 is 0. The molecule has 69 heavy (non-hydrogen) atoms. The summed E-state index contributed by atoms with van der Waals surface area (Å²) in [5.41, 5.74) is 10.7. The number of hydrogen-bond acceptors (Lipinski definition) is 9. The molecule has 0 aromatic heterocycles. The first kappa shape index (κ1) is 52.2. The van der Waals surface area contributed by atoms with Crippen LogP contribution in [0.15, 0.2) is 66.7 Å². The van der Waals surface area contributed by atoms with Gasteiger partial charge in [0.15, 0.2) is 17.3 Å². The van der Waals surface area contributed by atoms with Gasteiger partial charge >= 0.3 is 7.12 Å². The van der Waals surface area contributed by atoms with Gasteiger partial charge in [-0.05, 0) is 134 Å². The number of nitrogens with one attached hydrogen (secondary N) is 1. The van der Waals surface area contributed by atoms with Crippen molar-refractivity contribution in [2.75, 3.05) is 13.6 Å². The molecule has 2 amide bonds. The molecule has 4 N–H and O–H groups in total. The van der Waals surface area contributed by atoms with Gasteiger partial charge in [-0.1, -0.05) is 115 Å². The predicted molar refractivity (Wildman–Crippen MR) is 272 cm³/mol. The molecule has 0 spiro atoms. The first-order chi connectivity index (χ1) is 32.9. The number of likely N-dealkylation sites (N-methyl/N-ethyl adjacent to an activating group) is 1. The van der Waals surface area contributed by atoms with Crippen molar-refractivity contribution >= 4 is 36.3 Å². The summed E-state index contributed by atoms with van der Waals surface area (Å²) in [5, 5.41) is 14.0. The average molecular weight is 944 g/mol. The number of benzene rings is 3. The second-order valence-corrected chi connectivity index (χ2v) is 21.9. The Bertz CT molecular complexity index is 2300. The van der Waals surface area contributed by atoms with Gasteiger partial charge < -0.3 is 30.4 Å². The second kappa shape index (κ2) is 22.6. The highest BCUT2D eigenvalue weighted by atomic mass is 16.7. The lowest BCUT2D eigenvalue weighted by molar-refractivity contribution is -0.199. The Hall–Kier alpha value is -4.65. The number of Topliss-reactive ketones (excluding diaryl/α,β-unsaturated/α-hetero) is 3. The van der Waals surface area contributed by atoms with Crippen LogP contribution in [0.25, 0.3) is 11.1 Å². The quantitative estimate of drug-likeness (QED) is 0.0679. The number of phenolic OH excluding ortho intramolecular Hbond substituents is 1. The summed E-state index contributed by atoms with van der Waals surface area (Å²) in [6.07, 6.45) is 10.1. The van der Waals surface area contributed by atoms with E-state index in [4.69, 9.17) is 15.0 Å². The second-order valence-electron chi connectivity index (χ2n) is 21.9. The van der Waals surface area contributed by atoms with Crippen molar-refractivity contribution in [3.05, 3.63) is 89.0 Å². The monoisotopic (exact) mass is 944 g/mol. The molecule has 3 aromatic rings. The van der Waals surface area contributed by atoms with Crippen molar-refractivity contribution in [1.29, 1.82) is 0 Å². The SMILES string of the molecule is CCCCc1ccc(-c2ccc(C(=O)C[C@@H](CCCCN)C(=O)N(C)[C@@H]3C(=O)C[C@@H](C)C(=O)N[C@H](C(=O)C[C@@H](C)B4O[C@@H]5C[C@@H]6C[C@@H](C6(C)C)[C@]5(C)O4)CCCCCc4cc3ccc4O)cc2)cc1. The maximum absolute atomic E-state index is 14.8. The van der Waals surface area contributed by atoms with Gasteiger partial charge in [-0.2, -0.15) is 0 Å². The number of carbonyl (C=O) groups excluding carboxylic acids is 5. The van der Waals surface area contributed by atoms with E-state index in [2.05, 4.69) is 57.3 Å². The van der Waals surface area contributed by atoms with Crippen LogP contribution in [0.5, 0.6) is 5.75 Å². The Kier molecular flexibility index (Phi) is 17.1. The fraction of sp³-hybridized carbons (Fsp3) is 0.596. The molecule has 4 fully saturated rings. The molecule has 12 heteroatoms. The highest BCUT2D eigenvalue weighted by molar-refractivity contribution is 6.47. The minimum absolute atomic E-state index is 0.00297. The van der Waals surface area contributed by atoms with Crippen LogP contribution in [0.3, 0.4) is 0 Å². The number of aryl methyl sites for hydroxylation is 2. The first-order valence-corrected chi connectivity index (χ1v) is 26.1. The van der Waals surface area contributed by atoms with Crippen LogP contribution in [0.1, 0.15) is 165 Å². The standard InChI is InChI=1S/C57H78BN3O8/c1-8-9-15-38-19-21-39(22-20-38)40-23-25-41(26-24-40)48(63)33-44(17-13-14-29-59)55(67)61(7)53-43-27-28-47(62)42(32-43)16-11-10-12-18-46(60-54(66)36(2)30-50(53)65)49(64)31-37(3)58-68-52-35-45-34-51(56(45,4)5)57(52,6)69-58/h19-28,32,36-37,44-46,51-53,62H,8-18,29-31,33-35,59H2,1-7H3,(H,60,66)/t36-,37-,44-,45+,46+,51+,52-,53+,57+/m1/s1. The van der Waals surface area contributed by atoms with Gasteiger partial charge in [-0.25, -0.2) is 0 Å². The highest BCUT2D eigenvalue weighted by Crippen LogP contribution is 2.66. The number of ketones is 3. The number of nitrogens with zero attached hydrogens (tertiary/aromatic N) is 1. The molecule has 3 aliphatic carbocycles. The van der Waals surface area contributed by atoms with Gasteiger partial charge in [0, 0.05) is 43.7 Å². The van der Waals surface area contributed by atoms with Crippen LogP contribution in [-0.4, -0.2) is 77.6 Å². The molecule has 0 radical (unpaired) electrons. The third-order valence-corrected chi connectivity index (χ3v) is 16.6. The van der Waals surface area contributed by atoms with Crippen molar-refractivity contribution in [3.63, 3.8) is 0 Å². The van der Waals surface area contributed by atoms with Crippen molar-refractivity contribution in [3.8, 4) is 16.9 Å². The van der Waals surface area contributed by atoms with Crippen LogP contribution in [0.2, 0.25) is 5.82 Å². The molecule has 3 aromatic carbocycles. The number of hydrogen-bond donors (Lipinski definition) is 3. The van der Waals surface area contributed by atoms with Crippen LogP contribution in [0.4, 0.5) is 0 Å². The number of carbonyl (C=O) groups is 5. The number of fused-ring (bicyclic) bond motifs is 2. The zero-order valence-electron chi connectivity index (χ0n) is 42.4. The normalized spacial score (nSPS) is 26.6. The van der Waals surface area contributed by atoms with Crippen molar-refractivity contribution in [2.24, 2.45) is 34.8 Å². The van der Waals surface area contributed by atoms with E-state index in [1.54, 1.807) is 32.2 Å². The van der Waals surface area contributed by atoms with E-state index in [9.17, 15) is 29.1 Å². The van der Waals surface area contributed by atoms with Crippen LogP contribution >= 0.6 is 0 Å². The molecule has 9 atom stereocenters. The van der Waals surface area contributed by atoms with Crippen molar-refractivity contribution in [1.82, 2.24) is 10.2 Å². The van der Waals surface area contributed by atoms with Gasteiger partial charge in [0.05, 0.1) is 17.7 Å². The number of unbranched alkanes of at least 4 members (excludes halogenated alkanes) is 2. The van der Waals surface area contributed by atoms with Gasteiger partial charge in [0.2, 0.25) is 11.8 Å². The summed E-state index contributed by atoms with van der Waals surface area (Å²) in [5.74, 6) is -2.05. The Morgan fingerprint density at radius 3 is 2.32 bits per heavy atom. The smallest absolute Gasteiger partial charge is 0.461 e. The number of rotatable bonds is 17. The molecule has 372 valence electrons. The molecule has 2 aliphatic heterocycles.